The fraction of sp³-hybridized carbons (Fsp3) is 0.471. The van der Waals surface area contributed by atoms with Gasteiger partial charge in [-0.2, -0.15) is 0 Å². The molecule has 0 amide bonds. The summed E-state index contributed by atoms with van der Waals surface area (Å²) in [6.07, 6.45) is 3.61. The van der Waals surface area contributed by atoms with E-state index in [0.29, 0.717) is 22.5 Å². The minimum atomic E-state index is -0.247. The highest BCUT2D eigenvalue weighted by Crippen LogP contribution is 2.28. The fourth-order valence-corrected chi connectivity index (χ4v) is 2.28. The van der Waals surface area contributed by atoms with Crippen molar-refractivity contribution in [2.24, 2.45) is 0 Å². The second-order valence-corrected chi connectivity index (χ2v) is 5.77. The number of allylic oxidation sites excluding steroid dienone is 1. The number of esters is 1. The van der Waals surface area contributed by atoms with Crippen LogP contribution in [0.4, 0.5) is 0 Å². The Kier molecular flexibility index (Phi) is 6.43. The Morgan fingerprint density at radius 3 is 2.62 bits per heavy atom. The van der Waals surface area contributed by atoms with Crippen molar-refractivity contribution in [3.8, 4) is 11.5 Å². The summed E-state index contributed by atoms with van der Waals surface area (Å²) in [6.45, 7) is 7.09. The van der Waals surface area contributed by atoms with Crippen LogP contribution in [0.5, 0.6) is 11.5 Å². The predicted molar refractivity (Wildman–Crippen MR) is 84.7 cm³/mol. The van der Waals surface area contributed by atoms with Crippen LogP contribution in [-0.2, 0) is 11.2 Å². The minimum absolute atomic E-state index is 0.247. The Morgan fingerprint density at radius 1 is 1.33 bits per heavy atom. The van der Waals surface area contributed by atoms with Crippen molar-refractivity contribution in [1.29, 1.82) is 0 Å². The van der Waals surface area contributed by atoms with Gasteiger partial charge in [0.15, 0.2) is 18.0 Å². The number of likely N-dealkylation sites (N-methyl/N-ethyl adjacent to an activating group) is 1. The van der Waals surface area contributed by atoms with E-state index < -0.39 is 0 Å². The minimum Gasteiger partial charge on any atom is -0.493 e. The molecule has 21 heavy (non-hydrogen) atoms. The molecular formula is C17H26NO3+. The fourth-order valence-electron chi connectivity index (χ4n) is 2.28. The zero-order valence-electron chi connectivity index (χ0n) is 13.5. The van der Waals surface area contributed by atoms with Crippen LogP contribution in [0, 0.1) is 0 Å². The number of carbonyl (C=O) groups excluding carboxylic acids is 1. The number of hydrogen-bond donors (Lipinski definition) is 0. The number of carbonyl (C=O) groups is 1. The van der Waals surface area contributed by atoms with Crippen LogP contribution in [-0.4, -0.2) is 44.7 Å². The van der Waals surface area contributed by atoms with Gasteiger partial charge in [0, 0.05) is 0 Å². The number of ether oxygens (including phenoxy) is 2. The first-order valence-corrected chi connectivity index (χ1v) is 7.22. The van der Waals surface area contributed by atoms with Crippen LogP contribution in [0.25, 0.3) is 0 Å². The lowest BCUT2D eigenvalue weighted by Gasteiger charge is -2.28. The molecule has 0 saturated carbocycles. The lowest BCUT2D eigenvalue weighted by molar-refractivity contribution is -0.882. The van der Waals surface area contributed by atoms with Gasteiger partial charge in [-0.1, -0.05) is 19.1 Å². The Balaban J connectivity index is 2.78. The summed E-state index contributed by atoms with van der Waals surface area (Å²) in [4.78, 5) is 12.1. The summed E-state index contributed by atoms with van der Waals surface area (Å²) in [5.41, 5.74) is 1.07. The average Bonchev–Trinajstić information content (AvgIpc) is 2.39. The van der Waals surface area contributed by atoms with Crippen LogP contribution >= 0.6 is 0 Å². The Hall–Kier alpha value is -1.81. The molecule has 0 aliphatic carbocycles. The van der Waals surface area contributed by atoms with E-state index in [-0.39, 0.29) is 5.97 Å². The maximum absolute atomic E-state index is 12.1. The van der Waals surface area contributed by atoms with Gasteiger partial charge in [0.05, 0.1) is 27.7 Å². The molecule has 0 aromatic heterocycles. The molecule has 0 atom stereocenters. The molecule has 0 bridgehead atoms. The average molecular weight is 292 g/mol. The quantitative estimate of drug-likeness (QED) is 0.320. The van der Waals surface area contributed by atoms with E-state index in [1.807, 2.05) is 32.3 Å². The molecule has 4 nitrogen and oxygen atoms in total. The zero-order valence-corrected chi connectivity index (χ0v) is 13.5. The maximum atomic E-state index is 12.1. The van der Waals surface area contributed by atoms with E-state index in [4.69, 9.17) is 9.47 Å². The first-order valence-electron chi connectivity index (χ1n) is 7.22. The Morgan fingerprint density at radius 2 is 2.05 bits per heavy atom. The molecule has 0 N–H and O–H groups in total. The van der Waals surface area contributed by atoms with E-state index in [9.17, 15) is 4.79 Å². The predicted octanol–water partition coefficient (Wildman–Crippen LogP) is 2.82. The third kappa shape index (κ3) is 5.60. The van der Waals surface area contributed by atoms with Crippen LogP contribution < -0.4 is 9.47 Å². The Bertz CT molecular complexity index is 495. The second kappa shape index (κ2) is 7.84. The topological polar surface area (TPSA) is 35.5 Å². The molecule has 0 aliphatic rings. The smallest absolute Gasteiger partial charge is 0.367 e. The van der Waals surface area contributed by atoms with Crippen molar-refractivity contribution in [2.75, 3.05) is 34.3 Å². The van der Waals surface area contributed by atoms with Crippen molar-refractivity contribution in [3.63, 3.8) is 0 Å². The molecule has 0 radical (unpaired) electrons. The van der Waals surface area contributed by atoms with Crippen molar-refractivity contribution < 1.29 is 18.8 Å². The molecule has 0 fully saturated rings. The summed E-state index contributed by atoms with van der Waals surface area (Å²) in [5.74, 6) is 0.790. The lowest BCUT2D eigenvalue weighted by atomic mass is 10.1. The van der Waals surface area contributed by atoms with Gasteiger partial charge in [0.1, 0.15) is 0 Å². The summed E-state index contributed by atoms with van der Waals surface area (Å²) in [7, 11) is 5.62. The van der Waals surface area contributed by atoms with Gasteiger partial charge >= 0.3 is 5.97 Å². The summed E-state index contributed by atoms with van der Waals surface area (Å²) in [5, 5.41) is 0. The van der Waals surface area contributed by atoms with E-state index in [1.54, 1.807) is 13.2 Å². The summed E-state index contributed by atoms with van der Waals surface area (Å²) < 4.78 is 11.4. The molecule has 4 heteroatoms. The molecule has 1 aromatic carbocycles. The van der Waals surface area contributed by atoms with Gasteiger partial charge < -0.3 is 14.0 Å². The molecule has 0 saturated heterocycles. The molecule has 1 rings (SSSR count). The van der Waals surface area contributed by atoms with Gasteiger partial charge in [0.25, 0.3) is 0 Å². The lowest BCUT2D eigenvalue weighted by Crippen LogP contribution is -2.45. The van der Waals surface area contributed by atoms with Gasteiger partial charge in [-0.25, -0.2) is 4.79 Å². The van der Waals surface area contributed by atoms with Gasteiger partial charge in [0.2, 0.25) is 0 Å². The largest absolute Gasteiger partial charge is 0.493 e. The first kappa shape index (κ1) is 17.2. The summed E-state index contributed by atoms with van der Waals surface area (Å²) in [6, 6.07) is 5.56. The standard InChI is InChI=1S/C17H26NO3/c1-6-8-14-9-10-15(16(12-14)20-5)21-17(19)13-18(3,4)11-7-2/h6,9-10,12H,1,7-8,11,13H2,2-5H3/q+1. The number of methoxy groups -OCH3 is 1. The van der Waals surface area contributed by atoms with Crippen molar-refractivity contribution in [3.05, 3.63) is 36.4 Å². The van der Waals surface area contributed by atoms with E-state index in [0.717, 1.165) is 24.9 Å². The number of nitrogens with zero attached hydrogens (tertiary/aromatic N) is 1. The maximum Gasteiger partial charge on any atom is 0.367 e. The Labute approximate surface area is 127 Å². The first-order chi connectivity index (χ1) is 9.91. The summed E-state index contributed by atoms with van der Waals surface area (Å²) >= 11 is 0. The van der Waals surface area contributed by atoms with Crippen molar-refractivity contribution in [2.45, 2.75) is 19.8 Å². The molecule has 116 valence electrons. The highest BCUT2D eigenvalue weighted by atomic mass is 16.6. The molecular weight excluding hydrogens is 266 g/mol. The van der Waals surface area contributed by atoms with Gasteiger partial charge in [-0.3, -0.25) is 0 Å². The normalized spacial score (nSPS) is 11.0. The monoisotopic (exact) mass is 292 g/mol. The molecule has 0 aliphatic heterocycles. The van der Waals surface area contributed by atoms with Crippen LogP contribution in [0.3, 0.4) is 0 Å². The van der Waals surface area contributed by atoms with Crippen molar-refractivity contribution >= 4 is 5.97 Å². The number of hydrogen-bond acceptors (Lipinski definition) is 3. The van der Waals surface area contributed by atoms with Crippen LogP contribution in [0.15, 0.2) is 30.9 Å². The molecule has 0 heterocycles. The zero-order chi connectivity index (χ0) is 15.9. The molecule has 0 unspecified atom stereocenters. The van der Waals surface area contributed by atoms with Crippen molar-refractivity contribution in [1.82, 2.24) is 0 Å². The molecule has 1 aromatic rings. The van der Waals surface area contributed by atoms with Crippen LogP contribution in [0.1, 0.15) is 18.9 Å². The molecule has 0 spiro atoms. The SMILES string of the molecule is C=CCc1ccc(OC(=O)C[N+](C)(C)CCC)c(OC)c1. The highest BCUT2D eigenvalue weighted by Gasteiger charge is 2.21. The van der Waals surface area contributed by atoms with Crippen LogP contribution in [0.2, 0.25) is 0 Å². The number of quaternary nitrogens is 1. The van der Waals surface area contributed by atoms with E-state index in [1.165, 1.54) is 0 Å². The third-order valence-electron chi connectivity index (χ3n) is 3.22. The van der Waals surface area contributed by atoms with Gasteiger partial charge in [-0.05, 0) is 30.5 Å². The second-order valence-electron chi connectivity index (χ2n) is 5.77. The van der Waals surface area contributed by atoms with E-state index >= 15 is 0 Å². The third-order valence-corrected chi connectivity index (χ3v) is 3.22. The van der Waals surface area contributed by atoms with Gasteiger partial charge in [-0.15, -0.1) is 6.58 Å². The number of benzene rings is 1. The van der Waals surface area contributed by atoms with E-state index in [2.05, 4.69) is 13.5 Å². The number of rotatable bonds is 8. The highest BCUT2D eigenvalue weighted by molar-refractivity contribution is 5.74.